The van der Waals surface area contributed by atoms with Gasteiger partial charge in [-0.25, -0.2) is 0 Å². The Labute approximate surface area is 251 Å². The third-order valence-corrected chi connectivity index (χ3v) is 9.15. The number of methoxy groups -OCH3 is 1. The van der Waals surface area contributed by atoms with E-state index < -0.39 is 62.4 Å². The third-order valence-electron chi connectivity index (χ3n) is 6.65. The molecule has 3 aromatic carbocycles. The maximum absolute atomic E-state index is 14.1. The number of rotatable bonds is 10. The van der Waals surface area contributed by atoms with E-state index in [0.717, 1.165) is 15.9 Å². The van der Waals surface area contributed by atoms with E-state index in [1.165, 1.54) is 27.9 Å². The van der Waals surface area contributed by atoms with Gasteiger partial charge in [-0.1, -0.05) is 78.9 Å². The molecule has 0 radical (unpaired) electrons. The Morgan fingerprint density at radius 3 is 1.81 bits per heavy atom. The SMILES string of the molecule is CO[C@@H]1O[C@H](COC(C)=O)[C@@H](OC(C)=O)[C@H](OC(C)=O)[C@H]1NC(=O)c1ccccc1P(c1ccccc1)c1ccccc1. The van der Waals surface area contributed by atoms with Crippen LogP contribution in [-0.4, -0.2) is 68.2 Å². The van der Waals surface area contributed by atoms with Gasteiger partial charge in [-0.05, 0) is 29.9 Å². The summed E-state index contributed by atoms with van der Waals surface area (Å²) < 4.78 is 27.8. The second-order valence-electron chi connectivity index (χ2n) is 9.75. The summed E-state index contributed by atoms with van der Waals surface area (Å²) in [6.45, 7) is 3.31. The number of carbonyl (C=O) groups excluding carboxylic acids is 4. The molecule has 3 aromatic rings. The number of amides is 1. The number of nitrogens with one attached hydrogen (secondary N) is 1. The van der Waals surface area contributed by atoms with Crippen molar-refractivity contribution in [1.82, 2.24) is 5.32 Å². The molecule has 1 amide bonds. The van der Waals surface area contributed by atoms with Crippen molar-refractivity contribution in [2.75, 3.05) is 13.7 Å². The number of benzene rings is 3. The molecule has 0 spiro atoms. The van der Waals surface area contributed by atoms with Crippen LogP contribution < -0.4 is 21.2 Å². The number of ether oxygens (including phenoxy) is 5. The van der Waals surface area contributed by atoms with Gasteiger partial charge in [-0.15, -0.1) is 0 Å². The van der Waals surface area contributed by atoms with E-state index >= 15 is 0 Å². The molecule has 0 unspecified atom stereocenters. The minimum Gasteiger partial charge on any atom is -0.463 e. The summed E-state index contributed by atoms with van der Waals surface area (Å²) >= 11 is 0. The standard InChI is InChI=1S/C32H34NO9P/c1-20(34)39-19-26-29(40-21(2)35)30(41-22(3)36)28(32(38-4)42-26)33-31(37)25-17-11-12-18-27(25)43(23-13-7-5-8-14-23)24-15-9-6-10-16-24/h5-18,26,28-30,32H,19H2,1-4H3,(H,33,37)/t26-,28-,29-,30-,32-/m1/s1. The zero-order chi connectivity index (χ0) is 30.9. The largest absolute Gasteiger partial charge is 0.463 e. The molecule has 1 aliphatic heterocycles. The summed E-state index contributed by atoms with van der Waals surface area (Å²) in [4.78, 5) is 49.9. The fraction of sp³-hybridized carbons (Fsp3) is 0.312. The van der Waals surface area contributed by atoms with Crippen LogP contribution in [0.1, 0.15) is 31.1 Å². The van der Waals surface area contributed by atoms with Crippen LogP contribution in [0, 0.1) is 0 Å². The van der Waals surface area contributed by atoms with Gasteiger partial charge in [-0.3, -0.25) is 19.2 Å². The molecule has 11 heteroatoms. The average Bonchev–Trinajstić information content (AvgIpc) is 2.99. The van der Waals surface area contributed by atoms with Gasteiger partial charge in [0.2, 0.25) is 0 Å². The monoisotopic (exact) mass is 607 g/mol. The summed E-state index contributed by atoms with van der Waals surface area (Å²) in [5.41, 5.74) is 0.406. The number of carbonyl (C=O) groups is 4. The minimum atomic E-state index is -1.22. The highest BCUT2D eigenvalue weighted by molar-refractivity contribution is 7.80. The lowest BCUT2D eigenvalue weighted by Crippen LogP contribution is -2.66. The molecule has 0 saturated carbocycles. The molecule has 10 nitrogen and oxygen atoms in total. The van der Waals surface area contributed by atoms with Crippen LogP contribution in [0.25, 0.3) is 0 Å². The Bertz CT molecular complexity index is 1380. The first-order valence-electron chi connectivity index (χ1n) is 13.7. The third kappa shape index (κ3) is 8.04. The maximum atomic E-state index is 14.1. The second-order valence-corrected chi connectivity index (χ2v) is 11.9. The molecular weight excluding hydrogens is 573 g/mol. The Morgan fingerprint density at radius 1 is 0.744 bits per heavy atom. The Balaban J connectivity index is 1.73. The highest BCUT2D eigenvalue weighted by atomic mass is 31.1. The smallest absolute Gasteiger partial charge is 0.303 e. The molecule has 1 fully saturated rings. The lowest BCUT2D eigenvalue weighted by atomic mass is 9.95. The molecule has 226 valence electrons. The van der Waals surface area contributed by atoms with E-state index in [9.17, 15) is 19.2 Å². The van der Waals surface area contributed by atoms with E-state index in [2.05, 4.69) is 5.32 Å². The van der Waals surface area contributed by atoms with E-state index in [4.69, 9.17) is 23.7 Å². The maximum Gasteiger partial charge on any atom is 0.303 e. The fourth-order valence-corrected chi connectivity index (χ4v) is 7.38. The summed E-state index contributed by atoms with van der Waals surface area (Å²) in [7, 11) is 0.235. The van der Waals surface area contributed by atoms with Gasteiger partial charge in [0.1, 0.15) is 18.8 Å². The second kappa shape index (κ2) is 14.9. The Kier molecular flexibility index (Phi) is 11.0. The van der Waals surface area contributed by atoms with Gasteiger partial charge in [0.15, 0.2) is 18.5 Å². The van der Waals surface area contributed by atoms with Gasteiger partial charge in [0.05, 0.1) is 0 Å². The normalized spacial score (nSPS) is 21.5. The molecule has 0 aliphatic carbocycles. The van der Waals surface area contributed by atoms with Crippen LogP contribution >= 0.6 is 7.92 Å². The van der Waals surface area contributed by atoms with Crippen LogP contribution in [0.2, 0.25) is 0 Å². The Morgan fingerprint density at radius 2 is 1.28 bits per heavy atom. The zero-order valence-electron chi connectivity index (χ0n) is 24.3. The van der Waals surface area contributed by atoms with Crippen LogP contribution in [0.4, 0.5) is 0 Å². The minimum absolute atomic E-state index is 0.299. The van der Waals surface area contributed by atoms with E-state index in [1.54, 1.807) is 12.1 Å². The number of hydrogen-bond donors (Lipinski definition) is 1. The molecule has 1 heterocycles. The van der Waals surface area contributed by atoms with E-state index in [0.29, 0.717) is 5.56 Å². The lowest BCUT2D eigenvalue weighted by Gasteiger charge is -2.44. The van der Waals surface area contributed by atoms with Crippen molar-refractivity contribution in [1.29, 1.82) is 0 Å². The first-order valence-corrected chi connectivity index (χ1v) is 15.0. The summed E-state index contributed by atoms with van der Waals surface area (Å²) in [6, 6.07) is 26.1. The van der Waals surface area contributed by atoms with Crippen molar-refractivity contribution in [2.24, 2.45) is 0 Å². The van der Waals surface area contributed by atoms with E-state index in [-0.39, 0.29) is 6.61 Å². The fourth-order valence-electron chi connectivity index (χ4n) is 4.93. The van der Waals surface area contributed by atoms with E-state index in [1.807, 2.05) is 72.8 Å². The molecule has 1 saturated heterocycles. The molecule has 1 N–H and O–H groups in total. The highest BCUT2D eigenvalue weighted by Gasteiger charge is 2.51. The van der Waals surface area contributed by atoms with Crippen molar-refractivity contribution < 1.29 is 42.9 Å². The molecule has 43 heavy (non-hydrogen) atoms. The lowest BCUT2D eigenvalue weighted by molar-refractivity contribution is -0.270. The molecule has 1 aliphatic rings. The van der Waals surface area contributed by atoms with Crippen LogP contribution in [-0.2, 0) is 38.1 Å². The van der Waals surface area contributed by atoms with Crippen LogP contribution in [0.3, 0.4) is 0 Å². The van der Waals surface area contributed by atoms with Gasteiger partial charge in [-0.2, -0.15) is 0 Å². The van der Waals surface area contributed by atoms with Crippen LogP contribution in [0.15, 0.2) is 84.9 Å². The molecule has 4 rings (SSSR count). The molecule has 0 bridgehead atoms. The van der Waals surface area contributed by atoms with Gasteiger partial charge < -0.3 is 29.0 Å². The van der Waals surface area contributed by atoms with Crippen molar-refractivity contribution in [3.8, 4) is 0 Å². The van der Waals surface area contributed by atoms with Crippen molar-refractivity contribution >= 4 is 47.7 Å². The predicted molar refractivity (Wildman–Crippen MR) is 160 cm³/mol. The highest BCUT2D eigenvalue weighted by Crippen LogP contribution is 2.34. The first kappa shape index (κ1) is 31.8. The average molecular weight is 608 g/mol. The zero-order valence-corrected chi connectivity index (χ0v) is 25.2. The quantitative estimate of drug-likeness (QED) is 0.210. The summed E-state index contributed by atoms with van der Waals surface area (Å²) in [6.07, 6.45) is -4.61. The predicted octanol–water partition coefficient (Wildman–Crippen LogP) is 2.34. The number of hydrogen-bond acceptors (Lipinski definition) is 9. The van der Waals surface area contributed by atoms with Crippen molar-refractivity contribution in [2.45, 2.75) is 51.4 Å². The number of esters is 3. The van der Waals surface area contributed by atoms with Crippen LogP contribution in [0.5, 0.6) is 0 Å². The van der Waals surface area contributed by atoms with Gasteiger partial charge in [0, 0.05) is 33.4 Å². The Hall–Kier alpha value is -4.11. The molecule has 0 aromatic heterocycles. The van der Waals surface area contributed by atoms with Crippen molar-refractivity contribution in [3.63, 3.8) is 0 Å². The first-order chi connectivity index (χ1) is 20.7. The van der Waals surface area contributed by atoms with Gasteiger partial charge >= 0.3 is 17.9 Å². The summed E-state index contributed by atoms with van der Waals surface area (Å²) in [5, 5.41) is 5.85. The molecule has 5 atom stereocenters. The van der Waals surface area contributed by atoms with Gasteiger partial charge in [0.25, 0.3) is 5.91 Å². The summed E-state index contributed by atoms with van der Waals surface area (Å²) in [5.74, 6) is -2.41. The molecular formula is C32H34NO9P. The topological polar surface area (TPSA) is 126 Å². The van der Waals surface area contributed by atoms with Crippen molar-refractivity contribution in [3.05, 3.63) is 90.5 Å².